The van der Waals surface area contributed by atoms with Gasteiger partial charge in [0.05, 0.1) is 12.1 Å². The van der Waals surface area contributed by atoms with E-state index in [0.29, 0.717) is 12.5 Å². The Hall–Kier alpha value is -2.40. The van der Waals surface area contributed by atoms with Gasteiger partial charge in [0.1, 0.15) is 0 Å². The number of benzene rings is 1. The molecule has 5 heteroatoms. The van der Waals surface area contributed by atoms with Crippen LogP contribution in [0.1, 0.15) is 31.4 Å². The molecule has 2 unspecified atom stereocenters. The molecule has 3 rings (SSSR count). The Kier molecular flexibility index (Phi) is 5.11. The van der Waals surface area contributed by atoms with Gasteiger partial charge in [-0.3, -0.25) is 4.98 Å². The molecule has 5 nitrogen and oxygen atoms in total. The second kappa shape index (κ2) is 7.45. The summed E-state index contributed by atoms with van der Waals surface area (Å²) in [5.41, 5.74) is 3.26. The summed E-state index contributed by atoms with van der Waals surface area (Å²) in [6.45, 7) is 2.25. The van der Waals surface area contributed by atoms with Crippen molar-refractivity contribution in [1.29, 1.82) is 0 Å². The number of aromatic nitrogens is 1. The first-order valence-electron chi connectivity index (χ1n) is 8.36. The van der Waals surface area contributed by atoms with E-state index in [1.54, 1.807) is 12.4 Å². The molecule has 0 radical (unpaired) electrons. The van der Waals surface area contributed by atoms with Gasteiger partial charge in [0.15, 0.2) is 0 Å². The molecule has 1 heterocycles. The molecule has 1 aromatic heterocycles. The molecule has 2 aromatic rings. The zero-order valence-electron chi connectivity index (χ0n) is 13.8. The SMILES string of the molecule is CC(NC(=O)NCC(O)C1CC1)c1ccc(-c2ccncc2)cc1. The lowest BCUT2D eigenvalue weighted by atomic mass is 10.0. The van der Waals surface area contributed by atoms with Crippen molar-refractivity contribution in [3.05, 3.63) is 54.4 Å². The van der Waals surface area contributed by atoms with E-state index in [1.807, 2.05) is 43.3 Å². The number of aliphatic hydroxyl groups is 1. The Labute approximate surface area is 142 Å². The van der Waals surface area contributed by atoms with Crippen LogP contribution in [-0.4, -0.2) is 28.8 Å². The maximum absolute atomic E-state index is 11.9. The molecule has 1 fully saturated rings. The van der Waals surface area contributed by atoms with Crippen LogP contribution in [0, 0.1) is 5.92 Å². The molecular formula is C19H23N3O2. The molecule has 0 spiro atoms. The van der Waals surface area contributed by atoms with Crippen molar-refractivity contribution < 1.29 is 9.90 Å². The first-order valence-corrected chi connectivity index (χ1v) is 8.36. The van der Waals surface area contributed by atoms with Gasteiger partial charge in [-0.1, -0.05) is 24.3 Å². The Balaban J connectivity index is 1.52. The van der Waals surface area contributed by atoms with Gasteiger partial charge in [0.2, 0.25) is 0 Å². The molecule has 1 aliphatic carbocycles. The molecular weight excluding hydrogens is 302 g/mol. The highest BCUT2D eigenvalue weighted by molar-refractivity contribution is 5.74. The first-order chi connectivity index (χ1) is 11.6. The van der Waals surface area contributed by atoms with Crippen LogP contribution in [0.2, 0.25) is 0 Å². The molecule has 1 saturated carbocycles. The average Bonchev–Trinajstić information content (AvgIpc) is 3.46. The van der Waals surface area contributed by atoms with Gasteiger partial charge >= 0.3 is 6.03 Å². The van der Waals surface area contributed by atoms with Crippen LogP contribution in [0.3, 0.4) is 0 Å². The van der Waals surface area contributed by atoms with E-state index in [1.165, 1.54) is 0 Å². The summed E-state index contributed by atoms with van der Waals surface area (Å²) in [7, 11) is 0. The third kappa shape index (κ3) is 4.32. The minimum atomic E-state index is -0.425. The van der Waals surface area contributed by atoms with E-state index < -0.39 is 6.10 Å². The first kappa shape index (κ1) is 16.5. The minimum absolute atomic E-state index is 0.102. The molecule has 1 aliphatic rings. The van der Waals surface area contributed by atoms with Crippen molar-refractivity contribution in [3.8, 4) is 11.1 Å². The number of nitrogens with zero attached hydrogens (tertiary/aromatic N) is 1. The molecule has 24 heavy (non-hydrogen) atoms. The van der Waals surface area contributed by atoms with E-state index >= 15 is 0 Å². The molecule has 0 bridgehead atoms. The van der Waals surface area contributed by atoms with E-state index in [2.05, 4.69) is 15.6 Å². The quantitative estimate of drug-likeness (QED) is 0.764. The molecule has 126 valence electrons. The third-order valence-corrected chi connectivity index (χ3v) is 4.41. The van der Waals surface area contributed by atoms with Gasteiger partial charge in [0.25, 0.3) is 0 Å². The molecule has 0 saturated heterocycles. The Morgan fingerprint density at radius 2 is 1.79 bits per heavy atom. The highest BCUT2D eigenvalue weighted by Crippen LogP contribution is 2.32. The fourth-order valence-electron chi connectivity index (χ4n) is 2.68. The maximum atomic E-state index is 11.9. The predicted molar refractivity (Wildman–Crippen MR) is 93.4 cm³/mol. The fourth-order valence-corrected chi connectivity index (χ4v) is 2.68. The van der Waals surface area contributed by atoms with Gasteiger partial charge in [-0.15, -0.1) is 0 Å². The molecule has 2 amide bonds. The standard InChI is InChI=1S/C19H23N3O2/c1-13(22-19(24)21-12-18(23)17-6-7-17)14-2-4-15(5-3-14)16-8-10-20-11-9-16/h2-5,8-11,13,17-18,23H,6-7,12H2,1H3,(H2,21,22,24). The number of carbonyl (C=O) groups is 1. The summed E-state index contributed by atoms with van der Waals surface area (Å²) >= 11 is 0. The largest absolute Gasteiger partial charge is 0.391 e. The van der Waals surface area contributed by atoms with Crippen molar-refractivity contribution in [2.24, 2.45) is 5.92 Å². The van der Waals surface area contributed by atoms with Crippen molar-refractivity contribution in [3.63, 3.8) is 0 Å². The van der Waals surface area contributed by atoms with Crippen LogP contribution in [-0.2, 0) is 0 Å². The smallest absolute Gasteiger partial charge is 0.315 e. The van der Waals surface area contributed by atoms with Gasteiger partial charge in [0, 0.05) is 18.9 Å². The maximum Gasteiger partial charge on any atom is 0.315 e. The normalized spacial score (nSPS) is 16.2. The second-order valence-corrected chi connectivity index (χ2v) is 6.34. The van der Waals surface area contributed by atoms with Crippen LogP contribution in [0.25, 0.3) is 11.1 Å². The zero-order valence-corrected chi connectivity index (χ0v) is 13.8. The van der Waals surface area contributed by atoms with Crippen LogP contribution >= 0.6 is 0 Å². The van der Waals surface area contributed by atoms with Crippen molar-refractivity contribution in [2.75, 3.05) is 6.54 Å². The number of pyridine rings is 1. The summed E-state index contributed by atoms with van der Waals surface area (Å²) in [5.74, 6) is 0.364. The van der Waals surface area contributed by atoms with E-state index in [0.717, 1.165) is 29.5 Å². The Morgan fingerprint density at radius 1 is 1.17 bits per heavy atom. The minimum Gasteiger partial charge on any atom is -0.391 e. The monoisotopic (exact) mass is 325 g/mol. The van der Waals surface area contributed by atoms with Crippen molar-refractivity contribution in [1.82, 2.24) is 15.6 Å². The summed E-state index contributed by atoms with van der Waals surface area (Å²) in [4.78, 5) is 15.9. The number of amides is 2. The summed E-state index contributed by atoms with van der Waals surface area (Å²) in [6, 6.07) is 11.7. The number of nitrogens with one attached hydrogen (secondary N) is 2. The average molecular weight is 325 g/mol. The molecule has 1 aromatic carbocycles. The summed E-state index contributed by atoms with van der Waals surface area (Å²) in [6.07, 6.45) is 5.24. The zero-order chi connectivity index (χ0) is 16.9. The predicted octanol–water partition coefficient (Wildman–Crippen LogP) is 2.88. The lowest BCUT2D eigenvalue weighted by Gasteiger charge is -2.17. The number of hydrogen-bond acceptors (Lipinski definition) is 3. The van der Waals surface area contributed by atoms with Gasteiger partial charge in [-0.25, -0.2) is 4.79 Å². The van der Waals surface area contributed by atoms with Crippen LogP contribution in [0.4, 0.5) is 4.79 Å². The topological polar surface area (TPSA) is 74.2 Å². The van der Waals surface area contributed by atoms with E-state index in [9.17, 15) is 9.90 Å². The number of hydrogen-bond donors (Lipinski definition) is 3. The number of aliphatic hydroxyl groups excluding tert-OH is 1. The van der Waals surface area contributed by atoms with Gasteiger partial charge < -0.3 is 15.7 Å². The van der Waals surface area contributed by atoms with Crippen LogP contribution < -0.4 is 10.6 Å². The van der Waals surface area contributed by atoms with E-state index in [4.69, 9.17) is 0 Å². The Bertz CT molecular complexity index is 669. The molecule has 2 atom stereocenters. The van der Waals surface area contributed by atoms with Gasteiger partial charge in [-0.2, -0.15) is 0 Å². The lowest BCUT2D eigenvalue weighted by Crippen LogP contribution is -2.41. The van der Waals surface area contributed by atoms with Crippen LogP contribution in [0.5, 0.6) is 0 Å². The van der Waals surface area contributed by atoms with Crippen LogP contribution in [0.15, 0.2) is 48.8 Å². The van der Waals surface area contributed by atoms with Gasteiger partial charge in [-0.05, 0) is 54.5 Å². The second-order valence-electron chi connectivity index (χ2n) is 6.34. The summed E-state index contributed by atoms with van der Waals surface area (Å²) in [5, 5.41) is 15.4. The molecule has 3 N–H and O–H groups in total. The van der Waals surface area contributed by atoms with Crippen molar-refractivity contribution >= 4 is 6.03 Å². The fraction of sp³-hybridized carbons (Fsp3) is 0.368. The number of rotatable bonds is 6. The third-order valence-electron chi connectivity index (χ3n) is 4.41. The number of urea groups is 1. The summed E-state index contributed by atoms with van der Waals surface area (Å²) < 4.78 is 0. The number of carbonyl (C=O) groups excluding carboxylic acids is 1. The highest BCUT2D eigenvalue weighted by Gasteiger charge is 2.29. The highest BCUT2D eigenvalue weighted by atomic mass is 16.3. The molecule has 0 aliphatic heterocycles. The Morgan fingerprint density at radius 3 is 2.42 bits per heavy atom. The van der Waals surface area contributed by atoms with Crippen molar-refractivity contribution in [2.45, 2.75) is 31.9 Å². The lowest BCUT2D eigenvalue weighted by molar-refractivity contribution is 0.149. The van der Waals surface area contributed by atoms with E-state index in [-0.39, 0.29) is 12.1 Å².